The van der Waals surface area contributed by atoms with Crippen molar-refractivity contribution in [1.82, 2.24) is 0 Å². The smallest absolute Gasteiger partial charge is 0.378 e. The van der Waals surface area contributed by atoms with Gasteiger partial charge < -0.3 is 4.74 Å². The van der Waals surface area contributed by atoms with Gasteiger partial charge in [0.25, 0.3) is 0 Å². The predicted octanol–water partition coefficient (Wildman–Crippen LogP) is 4.24. The van der Waals surface area contributed by atoms with Crippen molar-refractivity contribution in [3.05, 3.63) is 35.4 Å². The van der Waals surface area contributed by atoms with Crippen molar-refractivity contribution in [3.63, 3.8) is 0 Å². The zero-order valence-corrected chi connectivity index (χ0v) is 11.1. The Bertz CT molecular complexity index is 462. The molecule has 1 fully saturated rings. The quantitative estimate of drug-likeness (QED) is 0.774. The van der Waals surface area contributed by atoms with Gasteiger partial charge in [0, 0.05) is 18.6 Å². The largest absolute Gasteiger partial charge is 0.417 e. The van der Waals surface area contributed by atoms with Crippen molar-refractivity contribution < 1.29 is 22.7 Å². The first-order valence-corrected chi connectivity index (χ1v) is 6.79. The highest BCUT2D eigenvalue weighted by Crippen LogP contribution is 2.32. The minimum absolute atomic E-state index is 0.00532. The van der Waals surface area contributed by atoms with Crippen LogP contribution in [0.1, 0.15) is 48.0 Å². The number of ether oxygens (including phenoxy) is 1. The summed E-state index contributed by atoms with van der Waals surface area (Å²) in [5, 5.41) is 0. The molecule has 0 saturated carbocycles. The molecule has 0 aliphatic carbocycles. The maximum absolute atomic E-state index is 12.8. The number of hydrogen-bond donors (Lipinski definition) is 0. The van der Waals surface area contributed by atoms with E-state index in [0.29, 0.717) is 13.0 Å². The molecule has 2 nitrogen and oxygen atoms in total. The van der Waals surface area contributed by atoms with Gasteiger partial charge in [-0.15, -0.1) is 0 Å². The van der Waals surface area contributed by atoms with Crippen molar-refractivity contribution in [2.24, 2.45) is 0 Å². The van der Waals surface area contributed by atoms with Crippen molar-refractivity contribution in [1.29, 1.82) is 0 Å². The highest BCUT2D eigenvalue weighted by Gasteiger charge is 2.34. The number of halogens is 3. The van der Waals surface area contributed by atoms with Crippen LogP contribution in [-0.4, -0.2) is 18.5 Å². The van der Waals surface area contributed by atoms with Crippen molar-refractivity contribution in [2.75, 3.05) is 6.61 Å². The molecule has 5 heteroatoms. The van der Waals surface area contributed by atoms with Gasteiger partial charge in [-0.3, -0.25) is 4.79 Å². The molecule has 1 atom stereocenters. The summed E-state index contributed by atoms with van der Waals surface area (Å²) in [5.74, 6) is -0.466. The lowest BCUT2D eigenvalue weighted by atomic mass is 9.97. The lowest BCUT2D eigenvalue weighted by molar-refractivity contribution is -0.137. The Hall–Kier alpha value is -1.36. The molecule has 20 heavy (non-hydrogen) atoms. The monoisotopic (exact) mass is 286 g/mol. The number of alkyl halides is 3. The van der Waals surface area contributed by atoms with E-state index < -0.39 is 17.5 Å². The third-order valence-electron chi connectivity index (χ3n) is 3.50. The lowest BCUT2D eigenvalue weighted by Gasteiger charge is -2.22. The van der Waals surface area contributed by atoms with Crippen LogP contribution in [0.5, 0.6) is 0 Å². The maximum Gasteiger partial charge on any atom is 0.417 e. The van der Waals surface area contributed by atoms with Crippen LogP contribution in [0, 0.1) is 0 Å². The molecule has 1 heterocycles. The Morgan fingerprint density at radius 1 is 1.25 bits per heavy atom. The van der Waals surface area contributed by atoms with E-state index in [1.165, 1.54) is 18.2 Å². The second-order valence-electron chi connectivity index (χ2n) is 4.99. The Balaban J connectivity index is 2.02. The molecule has 1 aliphatic heterocycles. The third kappa shape index (κ3) is 3.82. The first-order valence-electron chi connectivity index (χ1n) is 6.79. The number of benzene rings is 1. The van der Waals surface area contributed by atoms with Crippen LogP contribution >= 0.6 is 0 Å². The van der Waals surface area contributed by atoms with E-state index in [0.717, 1.165) is 25.3 Å². The molecular formula is C15H17F3O2. The molecule has 0 aromatic heterocycles. The zero-order valence-electron chi connectivity index (χ0n) is 11.1. The molecule has 0 amide bonds. The number of carbonyl (C=O) groups is 1. The molecule has 0 radical (unpaired) electrons. The van der Waals surface area contributed by atoms with Gasteiger partial charge in [-0.2, -0.15) is 13.2 Å². The molecule has 0 N–H and O–H groups in total. The molecular weight excluding hydrogens is 269 g/mol. The summed E-state index contributed by atoms with van der Waals surface area (Å²) in [5.41, 5.74) is -1.09. The van der Waals surface area contributed by atoms with Gasteiger partial charge in [-0.1, -0.05) is 18.2 Å². The lowest BCUT2D eigenvalue weighted by Crippen LogP contribution is -2.20. The normalized spacial score (nSPS) is 19.9. The summed E-state index contributed by atoms with van der Waals surface area (Å²) in [6.45, 7) is 0.679. The highest BCUT2D eigenvalue weighted by molar-refractivity contribution is 5.97. The van der Waals surface area contributed by atoms with Crippen LogP contribution < -0.4 is 0 Å². The van der Waals surface area contributed by atoms with Crippen LogP contribution in [0.25, 0.3) is 0 Å². The minimum atomic E-state index is -4.49. The number of rotatable bonds is 4. The van der Waals surface area contributed by atoms with Gasteiger partial charge in [0.05, 0.1) is 11.7 Å². The summed E-state index contributed by atoms with van der Waals surface area (Å²) < 4.78 is 44.0. The average molecular weight is 286 g/mol. The average Bonchev–Trinajstić information content (AvgIpc) is 2.45. The standard InChI is InChI=1S/C15H17F3O2/c16-15(17,18)13-7-2-1-6-12(13)14(19)9-8-11-5-3-4-10-20-11/h1-2,6-7,11H,3-5,8-10H2. The van der Waals surface area contributed by atoms with E-state index in [1.807, 2.05) is 0 Å². The summed E-state index contributed by atoms with van der Waals surface area (Å²) in [6.07, 6.45) is -0.949. The molecule has 1 aromatic rings. The van der Waals surface area contributed by atoms with E-state index in [-0.39, 0.29) is 18.1 Å². The Morgan fingerprint density at radius 3 is 2.65 bits per heavy atom. The first kappa shape index (κ1) is 15.0. The van der Waals surface area contributed by atoms with Crippen molar-refractivity contribution in [3.8, 4) is 0 Å². The highest BCUT2D eigenvalue weighted by atomic mass is 19.4. The first-order chi connectivity index (χ1) is 9.48. The topological polar surface area (TPSA) is 26.3 Å². The Kier molecular flexibility index (Phi) is 4.81. The summed E-state index contributed by atoms with van der Waals surface area (Å²) in [4.78, 5) is 12.0. The molecule has 0 spiro atoms. The fourth-order valence-corrected chi connectivity index (χ4v) is 2.44. The van der Waals surface area contributed by atoms with Crippen molar-refractivity contribution in [2.45, 2.75) is 44.4 Å². The van der Waals surface area contributed by atoms with Crippen LogP contribution in [-0.2, 0) is 10.9 Å². The van der Waals surface area contributed by atoms with Gasteiger partial charge in [-0.05, 0) is 31.7 Å². The van der Waals surface area contributed by atoms with Gasteiger partial charge in [-0.25, -0.2) is 0 Å². The summed E-state index contributed by atoms with van der Waals surface area (Å²) in [6, 6.07) is 4.95. The van der Waals surface area contributed by atoms with Gasteiger partial charge in [0.15, 0.2) is 5.78 Å². The second kappa shape index (κ2) is 6.39. The van der Waals surface area contributed by atoms with E-state index in [2.05, 4.69) is 0 Å². The Labute approximate surface area is 115 Å². The van der Waals surface area contributed by atoms with E-state index in [4.69, 9.17) is 4.74 Å². The van der Waals surface area contributed by atoms with E-state index >= 15 is 0 Å². The molecule has 0 bridgehead atoms. The minimum Gasteiger partial charge on any atom is -0.378 e. The fraction of sp³-hybridized carbons (Fsp3) is 0.533. The van der Waals surface area contributed by atoms with E-state index in [1.54, 1.807) is 0 Å². The summed E-state index contributed by atoms with van der Waals surface area (Å²) >= 11 is 0. The number of hydrogen-bond acceptors (Lipinski definition) is 2. The van der Waals surface area contributed by atoms with Crippen LogP contribution in [0.2, 0.25) is 0 Å². The van der Waals surface area contributed by atoms with E-state index in [9.17, 15) is 18.0 Å². The second-order valence-corrected chi connectivity index (χ2v) is 4.99. The Morgan fingerprint density at radius 2 is 2.00 bits per heavy atom. The molecule has 1 aromatic carbocycles. The number of carbonyl (C=O) groups excluding carboxylic acids is 1. The van der Waals surface area contributed by atoms with Crippen LogP contribution in [0.3, 0.4) is 0 Å². The van der Waals surface area contributed by atoms with Gasteiger partial charge in [0.2, 0.25) is 0 Å². The van der Waals surface area contributed by atoms with Gasteiger partial charge in [0.1, 0.15) is 0 Å². The molecule has 1 saturated heterocycles. The van der Waals surface area contributed by atoms with Crippen molar-refractivity contribution >= 4 is 5.78 Å². The predicted molar refractivity (Wildman–Crippen MR) is 68.6 cm³/mol. The third-order valence-corrected chi connectivity index (χ3v) is 3.50. The summed E-state index contributed by atoms with van der Waals surface area (Å²) in [7, 11) is 0. The molecule has 2 rings (SSSR count). The number of ketones is 1. The SMILES string of the molecule is O=C(CCC1CCCCO1)c1ccccc1C(F)(F)F. The maximum atomic E-state index is 12.8. The van der Waals surface area contributed by atoms with Crippen LogP contribution in [0.15, 0.2) is 24.3 Å². The number of Topliss-reactive ketones (excluding diaryl/α,β-unsaturated/α-hetero) is 1. The zero-order chi connectivity index (χ0) is 14.6. The van der Waals surface area contributed by atoms with Gasteiger partial charge >= 0.3 is 6.18 Å². The van der Waals surface area contributed by atoms with Crippen LogP contribution in [0.4, 0.5) is 13.2 Å². The molecule has 1 unspecified atom stereocenters. The molecule has 1 aliphatic rings. The molecule has 110 valence electrons. The fourth-order valence-electron chi connectivity index (χ4n) is 2.44.